The molecular formula is C41H79NO8. The molecule has 0 N–H and O–H groups in total. The standard InChI is InChI=1S/C41H79NO8/c1-6-8-10-12-13-14-15-16-17-18-19-20-21-22-23-24-25-26-28-30-32-39(44)50-37(35-48-38(43)31-29-27-11-9-7-2)36-49-41(40(45)46)47-34-33-42(3,4)5/h37,41H,6-36H2,1-5H3. The fraction of sp³-hybridized carbons (Fsp3) is 0.927. The molecule has 0 aliphatic carbocycles. The minimum atomic E-state index is -1.61. The quantitative estimate of drug-likeness (QED) is 0.0270. The summed E-state index contributed by atoms with van der Waals surface area (Å²) in [5, 5.41) is 11.6. The molecule has 0 aromatic rings. The number of esters is 2. The molecule has 0 radical (unpaired) electrons. The van der Waals surface area contributed by atoms with Gasteiger partial charge in [-0.05, 0) is 12.8 Å². The summed E-state index contributed by atoms with van der Waals surface area (Å²) in [6.07, 6.45) is 28.9. The van der Waals surface area contributed by atoms with Crippen molar-refractivity contribution in [3.8, 4) is 0 Å². The lowest BCUT2D eigenvalue weighted by atomic mass is 10.0. The molecule has 2 unspecified atom stereocenters. The monoisotopic (exact) mass is 714 g/mol. The van der Waals surface area contributed by atoms with Gasteiger partial charge in [0.2, 0.25) is 0 Å². The van der Waals surface area contributed by atoms with Gasteiger partial charge in [-0.3, -0.25) is 9.59 Å². The predicted molar refractivity (Wildman–Crippen MR) is 200 cm³/mol. The average Bonchev–Trinajstić information content (AvgIpc) is 3.06. The molecule has 0 saturated heterocycles. The third-order valence-electron chi connectivity index (χ3n) is 9.10. The van der Waals surface area contributed by atoms with Gasteiger partial charge >= 0.3 is 11.9 Å². The number of ether oxygens (including phenoxy) is 4. The van der Waals surface area contributed by atoms with E-state index in [1.807, 2.05) is 21.1 Å². The molecule has 0 rings (SSSR count). The maximum atomic E-state index is 12.6. The van der Waals surface area contributed by atoms with Crippen LogP contribution in [-0.4, -0.2) is 82.3 Å². The Hall–Kier alpha value is -1.71. The molecule has 0 aromatic carbocycles. The van der Waals surface area contributed by atoms with E-state index in [1.54, 1.807) is 0 Å². The third-order valence-corrected chi connectivity index (χ3v) is 9.10. The highest BCUT2D eigenvalue weighted by Gasteiger charge is 2.21. The zero-order valence-corrected chi connectivity index (χ0v) is 33.3. The molecule has 50 heavy (non-hydrogen) atoms. The zero-order chi connectivity index (χ0) is 37.1. The van der Waals surface area contributed by atoms with Crippen LogP contribution in [0.15, 0.2) is 0 Å². The Morgan fingerprint density at radius 3 is 1.28 bits per heavy atom. The molecule has 0 bridgehead atoms. The molecule has 0 saturated carbocycles. The number of aliphatic carboxylic acids is 1. The van der Waals surface area contributed by atoms with Crippen LogP contribution in [-0.2, 0) is 33.3 Å². The molecule has 9 heteroatoms. The molecular weight excluding hydrogens is 634 g/mol. The number of carbonyl (C=O) groups excluding carboxylic acids is 3. The fourth-order valence-corrected chi connectivity index (χ4v) is 5.83. The fourth-order valence-electron chi connectivity index (χ4n) is 5.83. The minimum absolute atomic E-state index is 0.152. The highest BCUT2D eigenvalue weighted by molar-refractivity contribution is 5.70. The number of carboxylic acids is 1. The van der Waals surface area contributed by atoms with E-state index in [1.165, 1.54) is 109 Å². The number of hydrogen-bond donors (Lipinski definition) is 0. The van der Waals surface area contributed by atoms with Crippen molar-refractivity contribution in [2.24, 2.45) is 0 Å². The van der Waals surface area contributed by atoms with Crippen molar-refractivity contribution in [1.29, 1.82) is 0 Å². The van der Waals surface area contributed by atoms with Crippen LogP contribution in [0.2, 0.25) is 0 Å². The summed E-state index contributed by atoms with van der Waals surface area (Å²) in [7, 11) is 5.90. The van der Waals surface area contributed by atoms with Crippen LogP contribution in [0.3, 0.4) is 0 Å². The molecule has 0 aliphatic heterocycles. The predicted octanol–water partition coefficient (Wildman–Crippen LogP) is 8.83. The second-order valence-corrected chi connectivity index (χ2v) is 15.3. The zero-order valence-electron chi connectivity index (χ0n) is 33.3. The van der Waals surface area contributed by atoms with Gasteiger partial charge in [-0.2, -0.15) is 0 Å². The lowest BCUT2D eigenvalue weighted by molar-refractivity contribution is -0.870. The molecule has 0 fully saturated rings. The number of carboxylic acid groups (broad SMARTS) is 1. The molecule has 0 spiro atoms. The van der Waals surface area contributed by atoms with Crippen molar-refractivity contribution < 1.29 is 42.9 Å². The van der Waals surface area contributed by atoms with E-state index in [-0.39, 0.29) is 32.2 Å². The average molecular weight is 714 g/mol. The lowest BCUT2D eigenvalue weighted by Crippen LogP contribution is -2.44. The van der Waals surface area contributed by atoms with Gasteiger partial charge in [-0.15, -0.1) is 0 Å². The number of quaternary nitrogens is 1. The Morgan fingerprint density at radius 1 is 0.520 bits per heavy atom. The first-order chi connectivity index (χ1) is 24.1. The van der Waals surface area contributed by atoms with Gasteiger partial charge in [0, 0.05) is 12.8 Å². The normalized spacial score (nSPS) is 12.9. The number of unbranched alkanes of at least 4 members (excludes halogenated alkanes) is 23. The van der Waals surface area contributed by atoms with E-state index < -0.39 is 24.3 Å². The molecule has 0 aromatic heterocycles. The SMILES string of the molecule is CCCCCCCCCCCCCCCCCCCCCCC(=O)OC(COC(=O)CCCCCCC)COC(OCC[N+](C)(C)C)C(=O)[O-]. The van der Waals surface area contributed by atoms with Crippen LogP contribution in [0.1, 0.15) is 187 Å². The molecule has 2 atom stereocenters. The van der Waals surface area contributed by atoms with E-state index in [0.717, 1.165) is 51.4 Å². The van der Waals surface area contributed by atoms with Crippen LogP contribution >= 0.6 is 0 Å². The largest absolute Gasteiger partial charge is 0.545 e. The van der Waals surface area contributed by atoms with Crippen molar-refractivity contribution in [3.63, 3.8) is 0 Å². The van der Waals surface area contributed by atoms with Crippen LogP contribution in [0.5, 0.6) is 0 Å². The van der Waals surface area contributed by atoms with Crippen molar-refractivity contribution >= 4 is 17.9 Å². The van der Waals surface area contributed by atoms with Gasteiger partial charge in [0.25, 0.3) is 0 Å². The Bertz CT molecular complexity index is 800. The smallest absolute Gasteiger partial charge is 0.306 e. The van der Waals surface area contributed by atoms with E-state index in [9.17, 15) is 19.5 Å². The van der Waals surface area contributed by atoms with Crippen molar-refractivity contribution in [3.05, 3.63) is 0 Å². The Labute approximate surface area is 307 Å². The molecule has 0 amide bonds. The van der Waals surface area contributed by atoms with E-state index in [2.05, 4.69) is 13.8 Å². The second-order valence-electron chi connectivity index (χ2n) is 15.3. The molecule has 296 valence electrons. The van der Waals surface area contributed by atoms with E-state index in [4.69, 9.17) is 18.9 Å². The van der Waals surface area contributed by atoms with Crippen molar-refractivity contribution in [2.45, 2.75) is 200 Å². The first-order valence-electron chi connectivity index (χ1n) is 20.7. The van der Waals surface area contributed by atoms with Crippen molar-refractivity contribution in [1.82, 2.24) is 0 Å². The van der Waals surface area contributed by atoms with Gasteiger partial charge in [0.05, 0.1) is 40.3 Å². The van der Waals surface area contributed by atoms with Crippen LogP contribution in [0.25, 0.3) is 0 Å². The summed E-state index contributed by atoms with van der Waals surface area (Å²) < 4.78 is 22.3. The Morgan fingerprint density at radius 2 is 0.900 bits per heavy atom. The summed E-state index contributed by atoms with van der Waals surface area (Å²) >= 11 is 0. The van der Waals surface area contributed by atoms with Crippen LogP contribution in [0.4, 0.5) is 0 Å². The Kier molecular flexibility index (Phi) is 33.2. The number of carbonyl (C=O) groups is 3. The summed E-state index contributed by atoms with van der Waals surface area (Å²) in [5.74, 6) is -2.29. The van der Waals surface area contributed by atoms with Gasteiger partial charge in [-0.1, -0.05) is 162 Å². The Balaban J connectivity index is 4.21. The lowest BCUT2D eigenvalue weighted by Gasteiger charge is -2.26. The number of rotatable bonds is 38. The maximum absolute atomic E-state index is 12.6. The summed E-state index contributed by atoms with van der Waals surface area (Å²) in [4.78, 5) is 36.5. The van der Waals surface area contributed by atoms with E-state index >= 15 is 0 Å². The van der Waals surface area contributed by atoms with Gasteiger partial charge in [-0.25, -0.2) is 0 Å². The highest BCUT2D eigenvalue weighted by Crippen LogP contribution is 2.16. The maximum Gasteiger partial charge on any atom is 0.306 e. The van der Waals surface area contributed by atoms with Gasteiger partial charge in [0.1, 0.15) is 13.2 Å². The summed E-state index contributed by atoms with van der Waals surface area (Å²) in [5.41, 5.74) is 0. The van der Waals surface area contributed by atoms with Crippen molar-refractivity contribution in [2.75, 3.05) is 47.5 Å². The first kappa shape index (κ1) is 48.3. The minimum Gasteiger partial charge on any atom is -0.545 e. The van der Waals surface area contributed by atoms with E-state index in [0.29, 0.717) is 17.4 Å². The first-order valence-corrected chi connectivity index (χ1v) is 20.7. The third kappa shape index (κ3) is 34.7. The van der Waals surface area contributed by atoms with Gasteiger partial charge in [0.15, 0.2) is 12.4 Å². The van der Waals surface area contributed by atoms with Gasteiger partial charge < -0.3 is 33.3 Å². The molecule has 0 heterocycles. The number of hydrogen-bond acceptors (Lipinski definition) is 8. The second kappa shape index (κ2) is 34.4. The molecule has 9 nitrogen and oxygen atoms in total. The summed E-state index contributed by atoms with van der Waals surface area (Å²) in [6, 6.07) is 0. The topological polar surface area (TPSA) is 111 Å². The van der Waals surface area contributed by atoms with Crippen LogP contribution in [0, 0.1) is 0 Å². The molecule has 0 aliphatic rings. The number of nitrogens with zero attached hydrogens (tertiary/aromatic N) is 1. The van der Waals surface area contributed by atoms with Crippen LogP contribution < -0.4 is 5.11 Å². The highest BCUT2D eigenvalue weighted by atomic mass is 16.7. The number of likely N-dealkylation sites (N-methyl/N-ethyl adjacent to an activating group) is 1. The summed E-state index contributed by atoms with van der Waals surface area (Å²) in [6.45, 7) is 4.66.